The van der Waals surface area contributed by atoms with Gasteiger partial charge in [0, 0.05) is 24.5 Å². The van der Waals surface area contributed by atoms with Crippen molar-refractivity contribution in [2.45, 2.75) is 6.18 Å². The molecule has 1 aliphatic heterocycles. The summed E-state index contributed by atoms with van der Waals surface area (Å²) in [5, 5.41) is 13.4. The third-order valence-electron chi connectivity index (χ3n) is 2.75. The summed E-state index contributed by atoms with van der Waals surface area (Å²) in [4.78, 5) is 1.63. The number of rotatable bonds is 3. The molecule has 2 rings (SSSR count). The van der Waals surface area contributed by atoms with Crippen LogP contribution in [0.1, 0.15) is 5.56 Å². The zero-order valence-corrected chi connectivity index (χ0v) is 9.85. The second-order valence-corrected chi connectivity index (χ2v) is 3.99. The molecule has 0 saturated heterocycles. The molecule has 1 aliphatic rings. The SMILES string of the molecule is O/N=C/Nc1ccc(N2CC=CC2)c(C(F)(F)F)c1. The fraction of sp³-hybridized carbons (Fsp3) is 0.250. The van der Waals surface area contributed by atoms with Crippen molar-refractivity contribution in [2.24, 2.45) is 5.16 Å². The zero-order chi connectivity index (χ0) is 13.9. The molecule has 7 heteroatoms. The Kier molecular flexibility index (Phi) is 3.64. The van der Waals surface area contributed by atoms with Gasteiger partial charge in [-0.25, -0.2) is 0 Å². The first-order valence-electron chi connectivity index (χ1n) is 5.56. The van der Waals surface area contributed by atoms with E-state index in [2.05, 4.69) is 10.5 Å². The first kappa shape index (κ1) is 13.3. The summed E-state index contributed by atoms with van der Waals surface area (Å²) >= 11 is 0. The quantitative estimate of drug-likeness (QED) is 0.292. The summed E-state index contributed by atoms with van der Waals surface area (Å²) in [5.41, 5.74) is -0.363. The Labute approximate surface area is 107 Å². The largest absolute Gasteiger partial charge is 0.418 e. The van der Waals surface area contributed by atoms with Crippen molar-refractivity contribution in [1.82, 2.24) is 0 Å². The van der Waals surface area contributed by atoms with Crippen LogP contribution < -0.4 is 10.2 Å². The summed E-state index contributed by atoms with van der Waals surface area (Å²) in [6.45, 7) is 0.932. The molecule has 1 heterocycles. The molecular formula is C12H12F3N3O. The number of hydrogen-bond donors (Lipinski definition) is 2. The minimum Gasteiger partial charge on any atom is -0.410 e. The lowest BCUT2D eigenvalue weighted by Crippen LogP contribution is -2.22. The van der Waals surface area contributed by atoms with Crippen LogP contribution in [0.4, 0.5) is 24.5 Å². The number of halogens is 3. The molecule has 19 heavy (non-hydrogen) atoms. The minimum absolute atomic E-state index is 0.143. The Bertz CT molecular complexity index is 503. The lowest BCUT2D eigenvalue weighted by atomic mass is 10.1. The van der Waals surface area contributed by atoms with Gasteiger partial charge in [0.1, 0.15) is 6.34 Å². The molecule has 0 aromatic heterocycles. The van der Waals surface area contributed by atoms with Crippen LogP contribution in [0.15, 0.2) is 35.5 Å². The predicted octanol–water partition coefficient (Wildman–Crippen LogP) is 2.91. The zero-order valence-electron chi connectivity index (χ0n) is 9.85. The molecule has 4 nitrogen and oxygen atoms in total. The molecule has 2 N–H and O–H groups in total. The molecule has 0 radical (unpaired) electrons. The number of anilines is 2. The Hall–Kier alpha value is -2.18. The van der Waals surface area contributed by atoms with Gasteiger partial charge in [-0.15, -0.1) is 0 Å². The molecule has 0 bridgehead atoms. The first-order valence-corrected chi connectivity index (χ1v) is 5.56. The van der Waals surface area contributed by atoms with Crippen molar-refractivity contribution in [1.29, 1.82) is 0 Å². The van der Waals surface area contributed by atoms with Gasteiger partial charge >= 0.3 is 6.18 Å². The lowest BCUT2D eigenvalue weighted by molar-refractivity contribution is -0.137. The van der Waals surface area contributed by atoms with E-state index < -0.39 is 11.7 Å². The molecule has 0 fully saturated rings. The maximum absolute atomic E-state index is 13.0. The van der Waals surface area contributed by atoms with E-state index in [1.165, 1.54) is 12.1 Å². The van der Waals surface area contributed by atoms with Crippen molar-refractivity contribution >= 4 is 17.7 Å². The fourth-order valence-electron chi connectivity index (χ4n) is 1.91. The molecule has 0 amide bonds. The van der Waals surface area contributed by atoms with Gasteiger partial charge in [-0.3, -0.25) is 0 Å². The molecule has 102 valence electrons. The predicted molar refractivity (Wildman–Crippen MR) is 66.7 cm³/mol. The highest BCUT2D eigenvalue weighted by Gasteiger charge is 2.35. The van der Waals surface area contributed by atoms with Gasteiger partial charge in [0.05, 0.1) is 5.56 Å². The van der Waals surface area contributed by atoms with E-state index in [-0.39, 0.29) is 11.4 Å². The van der Waals surface area contributed by atoms with Crippen molar-refractivity contribution in [3.05, 3.63) is 35.9 Å². The van der Waals surface area contributed by atoms with Gasteiger partial charge in [0.15, 0.2) is 0 Å². The van der Waals surface area contributed by atoms with E-state index in [4.69, 9.17) is 5.21 Å². The number of nitrogens with zero attached hydrogens (tertiary/aromatic N) is 2. The molecule has 1 aromatic carbocycles. The van der Waals surface area contributed by atoms with E-state index in [0.29, 0.717) is 13.1 Å². The average molecular weight is 271 g/mol. The highest BCUT2D eigenvalue weighted by Crippen LogP contribution is 2.38. The second-order valence-electron chi connectivity index (χ2n) is 3.99. The summed E-state index contributed by atoms with van der Waals surface area (Å²) < 4.78 is 39.1. The Balaban J connectivity index is 2.37. The molecule has 0 aliphatic carbocycles. The topological polar surface area (TPSA) is 47.9 Å². The van der Waals surface area contributed by atoms with Crippen LogP contribution in [0, 0.1) is 0 Å². The second kappa shape index (κ2) is 5.21. The Morgan fingerprint density at radius 2 is 1.95 bits per heavy atom. The van der Waals surface area contributed by atoms with Gasteiger partial charge in [0.2, 0.25) is 0 Å². The summed E-state index contributed by atoms with van der Waals surface area (Å²) in [5.74, 6) is 0. The van der Waals surface area contributed by atoms with Crippen molar-refractivity contribution in [2.75, 3.05) is 23.3 Å². The standard InChI is InChI=1S/C12H12F3N3O/c13-12(14,15)10-7-9(16-8-17-19)3-4-11(10)18-5-1-2-6-18/h1-4,7-8,19H,5-6H2,(H,16,17). The molecule has 0 atom stereocenters. The number of nitrogens with one attached hydrogen (secondary N) is 1. The van der Waals surface area contributed by atoms with Gasteiger partial charge < -0.3 is 15.4 Å². The highest BCUT2D eigenvalue weighted by molar-refractivity contribution is 5.77. The lowest BCUT2D eigenvalue weighted by Gasteiger charge is -2.23. The van der Waals surface area contributed by atoms with Gasteiger partial charge in [-0.05, 0) is 18.2 Å². The van der Waals surface area contributed by atoms with Crippen LogP contribution in [0.25, 0.3) is 0 Å². The van der Waals surface area contributed by atoms with E-state index in [1.807, 2.05) is 12.2 Å². The fourth-order valence-corrected chi connectivity index (χ4v) is 1.91. The monoisotopic (exact) mass is 271 g/mol. The van der Waals surface area contributed by atoms with Crippen LogP contribution in [0.5, 0.6) is 0 Å². The maximum atomic E-state index is 13.0. The van der Waals surface area contributed by atoms with Crippen LogP contribution in [-0.2, 0) is 6.18 Å². The summed E-state index contributed by atoms with van der Waals surface area (Å²) in [7, 11) is 0. The molecule has 0 saturated carbocycles. The average Bonchev–Trinajstić information content (AvgIpc) is 2.88. The third-order valence-corrected chi connectivity index (χ3v) is 2.75. The van der Waals surface area contributed by atoms with E-state index in [9.17, 15) is 13.2 Å². The van der Waals surface area contributed by atoms with Crippen molar-refractivity contribution < 1.29 is 18.4 Å². The van der Waals surface area contributed by atoms with Gasteiger partial charge in [-0.1, -0.05) is 17.3 Å². The van der Waals surface area contributed by atoms with E-state index >= 15 is 0 Å². The van der Waals surface area contributed by atoms with E-state index in [1.54, 1.807) is 4.90 Å². The Morgan fingerprint density at radius 1 is 1.26 bits per heavy atom. The minimum atomic E-state index is -4.44. The third kappa shape index (κ3) is 2.98. The molecule has 1 aromatic rings. The summed E-state index contributed by atoms with van der Waals surface area (Å²) in [6, 6.07) is 3.91. The van der Waals surface area contributed by atoms with Crippen molar-refractivity contribution in [3.8, 4) is 0 Å². The normalized spacial score (nSPS) is 15.4. The maximum Gasteiger partial charge on any atom is 0.418 e. The highest BCUT2D eigenvalue weighted by atomic mass is 19.4. The number of alkyl halides is 3. The summed E-state index contributed by atoms with van der Waals surface area (Å²) in [6.07, 6.45) is 0.119. The van der Waals surface area contributed by atoms with Crippen LogP contribution >= 0.6 is 0 Å². The van der Waals surface area contributed by atoms with Crippen LogP contribution in [0.3, 0.4) is 0 Å². The Morgan fingerprint density at radius 3 is 2.53 bits per heavy atom. The van der Waals surface area contributed by atoms with Gasteiger partial charge in [-0.2, -0.15) is 13.2 Å². The van der Waals surface area contributed by atoms with Crippen LogP contribution in [-0.4, -0.2) is 24.6 Å². The van der Waals surface area contributed by atoms with Crippen molar-refractivity contribution in [3.63, 3.8) is 0 Å². The number of hydrogen-bond acceptors (Lipinski definition) is 3. The number of oxime groups is 1. The van der Waals surface area contributed by atoms with E-state index in [0.717, 1.165) is 12.4 Å². The smallest absolute Gasteiger partial charge is 0.410 e. The molecular weight excluding hydrogens is 259 g/mol. The number of benzene rings is 1. The first-order chi connectivity index (χ1) is 9.02. The molecule has 0 unspecified atom stereocenters. The van der Waals surface area contributed by atoms with Gasteiger partial charge in [0.25, 0.3) is 0 Å². The molecule has 0 spiro atoms. The van der Waals surface area contributed by atoms with Crippen LogP contribution in [0.2, 0.25) is 0 Å².